The second kappa shape index (κ2) is 6.29. The molecular formula is C14H15FN2O4S. The van der Waals surface area contributed by atoms with Gasteiger partial charge in [0.1, 0.15) is 5.75 Å². The minimum Gasteiger partial charge on any atom is -0.463 e. The summed E-state index contributed by atoms with van der Waals surface area (Å²) in [6.07, 6.45) is 1.25. The van der Waals surface area contributed by atoms with Crippen LogP contribution in [0.5, 0.6) is 5.75 Å². The van der Waals surface area contributed by atoms with Crippen molar-refractivity contribution < 1.29 is 17.5 Å². The van der Waals surface area contributed by atoms with Crippen molar-refractivity contribution in [1.29, 1.82) is 0 Å². The monoisotopic (exact) mass is 326 g/mol. The fourth-order valence-electron chi connectivity index (χ4n) is 1.80. The zero-order valence-corrected chi connectivity index (χ0v) is 12.9. The number of alkyl halides is 1. The summed E-state index contributed by atoms with van der Waals surface area (Å²) in [4.78, 5) is 11.9. The van der Waals surface area contributed by atoms with Crippen molar-refractivity contribution in [2.45, 2.75) is 4.90 Å². The van der Waals surface area contributed by atoms with Gasteiger partial charge in [0.25, 0.3) is 5.56 Å². The zero-order chi connectivity index (χ0) is 16.3. The first kappa shape index (κ1) is 16.2. The van der Waals surface area contributed by atoms with Crippen LogP contribution in [-0.2, 0) is 10.0 Å². The lowest BCUT2D eigenvalue weighted by Crippen LogP contribution is -2.25. The van der Waals surface area contributed by atoms with Crippen LogP contribution >= 0.6 is 0 Å². The Balaban J connectivity index is 2.49. The Morgan fingerprint density at radius 3 is 2.32 bits per heavy atom. The maximum atomic E-state index is 12.1. The van der Waals surface area contributed by atoms with Gasteiger partial charge in [-0.25, -0.2) is 17.1 Å². The standard InChI is InChI=1S/C14H15FN2O4S/c1-16(2)22(19,20)13-7-8-14(18)17(9-13)11-3-5-12(6-4-11)21-10-15/h3-9H,10H2,1-2H3. The maximum absolute atomic E-state index is 12.1. The van der Waals surface area contributed by atoms with Crippen LogP contribution in [-0.4, -0.2) is 38.2 Å². The van der Waals surface area contributed by atoms with Crippen molar-refractivity contribution in [3.8, 4) is 11.4 Å². The molecule has 6 nitrogen and oxygen atoms in total. The first-order chi connectivity index (χ1) is 10.4. The van der Waals surface area contributed by atoms with Crippen LogP contribution in [0.3, 0.4) is 0 Å². The van der Waals surface area contributed by atoms with Gasteiger partial charge in [0.05, 0.1) is 4.90 Å². The van der Waals surface area contributed by atoms with Crippen LogP contribution in [0.4, 0.5) is 4.39 Å². The third kappa shape index (κ3) is 3.18. The lowest BCUT2D eigenvalue weighted by Gasteiger charge is -2.13. The number of rotatable bonds is 5. The van der Waals surface area contributed by atoms with E-state index in [1.165, 1.54) is 49.1 Å². The molecule has 0 atom stereocenters. The van der Waals surface area contributed by atoms with E-state index < -0.39 is 16.9 Å². The van der Waals surface area contributed by atoms with Gasteiger partial charge in [0, 0.05) is 32.0 Å². The van der Waals surface area contributed by atoms with Gasteiger partial charge in [-0.05, 0) is 30.3 Å². The third-order valence-electron chi connectivity index (χ3n) is 3.00. The normalized spacial score (nSPS) is 11.6. The van der Waals surface area contributed by atoms with Crippen LogP contribution in [0.1, 0.15) is 0 Å². The third-order valence-corrected chi connectivity index (χ3v) is 4.80. The molecule has 0 saturated heterocycles. The van der Waals surface area contributed by atoms with E-state index >= 15 is 0 Å². The number of sulfonamides is 1. The number of benzene rings is 1. The largest absolute Gasteiger partial charge is 0.463 e. The van der Waals surface area contributed by atoms with E-state index in [4.69, 9.17) is 0 Å². The lowest BCUT2D eigenvalue weighted by atomic mass is 10.3. The molecule has 118 valence electrons. The molecule has 8 heteroatoms. The number of halogens is 1. The summed E-state index contributed by atoms with van der Waals surface area (Å²) in [5, 5.41) is 0. The number of aromatic nitrogens is 1. The first-order valence-corrected chi connectivity index (χ1v) is 7.74. The van der Waals surface area contributed by atoms with Crippen LogP contribution in [0.2, 0.25) is 0 Å². The highest BCUT2D eigenvalue weighted by molar-refractivity contribution is 7.89. The van der Waals surface area contributed by atoms with Crippen molar-refractivity contribution in [3.63, 3.8) is 0 Å². The molecule has 1 heterocycles. The molecule has 1 aromatic carbocycles. The predicted molar refractivity (Wildman–Crippen MR) is 79.5 cm³/mol. The fourth-order valence-corrected chi connectivity index (χ4v) is 2.70. The molecule has 1 aromatic heterocycles. The molecule has 2 aromatic rings. The predicted octanol–water partition coefficient (Wildman–Crippen LogP) is 1.39. The number of ether oxygens (including phenoxy) is 1. The quantitative estimate of drug-likeness (QED) is 0.833. The highest BCUT2D eigenvalue weighted by Crippen LogP contribution is 2.16. The summed E-state index contributed by atoms with van der Waals surface area (Å²) in [5.41, 5.74) is 0.0730. The van der Waals surface area contributed by atoms with Crippen LogP contribution in [0, 0.1) is 0 Å². The van der Waals surface area contributed by atoms with Gasteiger partial charge in [-0.2, -0.15) is 0 Å². The van der Waals surface area contributed by atoms with Gasteiger partial charge in [-0.15, -0.1) is 0 Å². The highest BCUT2D eigenvalue weighted by Gasteiger charge is 2.18. The number of hydrogen-bond acceptors (Lipinski definition) is 4. The Morgan fingerprint density at radius 2 is 1.77 bits per heavy atom. The molecule has 0 saturated carbocycles. The second-order valence-corrected chi connectivity index (χ2v) is 6.76. The molecule has 0 aliphatic carbocycles. The Bertz CT molecular complexity index is 813. The Kier molecular flexibility index (Phi) is 4.62. The molecule has 0 amide bonds. The van der Waals surface area contributed by atoms with Gasteiger partial charge in [-0.1, -0.05) is 0 Å². The first-order valence-electron chi connectivity index (χ1n) is 6.30. The van der Waals surface area contributed by atoms with Crippen LogP contribution in [0.25, 0.3) is 5.69 Å². The summed E-state index contributed by atoms with van der Waals surface area (Å²) in [6.45, 7) is -0.949. The van der Waals surface area contributed by atoms with Gasteiger partial charge in [-0.3, -0.25) is 9.36 Å². The lowest BCUT2D eigenvalue weighted by molar-refractivity contribution is 0.192. The van der Waals surface area contributed by atoms with E-state index in [1.807, 2.05) is 0 Å². The molecule has 0 fully saturated rings. The van der Waals surface area contributed by atoms with E-state index in [0.717, 1.165) is 4.31 Å². The molecular weight excluding hydrogens is 311 g/mol. The summed E-state index contributed by atoms with van der Waals surface area (Å²) < 4.78 is 43.3. The summed E-state index contributed by atoms with van der Waals surface area (Å²) in [5.74, 6) is 0.316. The van der Waals surface area contributed by atoms with Crippen molar-refractivity contribution in [1.82, 2.24) is 8.87 Å². The van der Waals surface area contributed by atoms with Gasteiger partial charge < -0.3 is 4.74 Å². The summed E-state index contributed by atoms with van der Waals surface area (Å²) in [7, 11) is -0.820. The summed E-state index contributed by atoms with van der Waals surface area (Å²) in [6, 6.07) is 8.51. The van der Waals surface area contributed by atoms with E-state index in [0.29, 0.717) is 11.4 Å². The topological polar surface area (TPSA) is 68.6 Å². The smallest absolute Gasteiger partial charge is 0.255 e. The SMILES string of the molecule is CN(C)S(=O)(=O)c1ccc(=O)n(-c2ccc(OCF)cc2)c1. The van der Waals surface area contributed by atoms with E-state index in [9.17, 15) is 17.6 Å². The molecule has 0 N–H and O–H groups in total. The average Bonchev–Trinajstić information content (AvgIpc) is 2.48. The molecule has 0 radical (unpaired) electrons. The second-order valence-electron chi connectivity index (χ2n) is 4.61. The molecule has 0 aliphatic rings. The van der Waals surface area contributed by atoms with Crippen LogP contribution < -0.4 is 10.3 Å². The Hall–Kier alpha value is -2.19. The molecule has 0 aliphatic heterocycles. The van der Waals surface area contributed by atoms with E-state index in [2.05, 4.69) is 4.74 Å². The Labute approximate surface area is 127 Å². The van der Waals surface area contributed by atoms with Crippen molar-refractivity contribution in [2.24, 2.45) is 0 Å². The van der Waals surface area contributed by atoms with Crippen molar-refractivity contribution in [3.05, 3.63) is 52.9 Å². The van der Waals surface area contributed by atoms with E-state index in [-0.39, 0.29) is 10.5 Å². The number of nitrogens with zero attached hydrogens (tertiary/aromatic N) is 2. The molecule has 22 heavy (non-hydrogen) atoms. The molecule has 2 rings (SSSR count). The zero-order valence-electron chi connectivity index (χ0n) is 12.1. The Morgan fingerprint density at radius 1 is 1.14 bits per heavy atom. The minimum absolute atomic E-state index is 0.00110. The van der Waals surface area contributed by atoms with Gasteiger partial charge in [0.2, 0.25) is 16.9 Å². The van der Waals surface area contributed by atoms with Gasteiger partial charge >= 0.3 is 0 Å². The fraction of sp³-hybridized carbons (Fsp3) is 0.214. The maximum Gasteiger partial charge on any atom is 0.255 e. The van der Waals surface area contributed by atoms with Crippen molar-refractivity contribution in [2.75, 3.05) is 21.0 Å². The highest BCUT2D eigenvalue weighted by atomic mass is 32.2. The minimum atomic E-state index is -3.64. The van der Waals surface area contributed by atoms with Gasteiger partial charge in [0.15, 0.2) is 0 Å². The molecule has 0 spiro atoms. The van der Waals surface area contributed by atoms with Crippen LogP contribution in [0.15, 0.2) is 52.3 Å². The number of pyridine rings is 1. The summed E-state index contributed by atoms with van der Waals surface area (Å²) >= 11 is 0. The number of hydrogen-bond donors (Lipinski definition) is 0. The molecule has 0 unspecified atom stereocenters. The van der Waals surface area contributed by atoms with Crippen molar-refractivity contribution >= 4 is 10.0 Å². The molecule has 0 bridgehead atoms. The van der Waals surface area contributed by atoms with E-state index in [1.54, 1.807) is 12.1 Å². The average molecular weight is 326 g/mol.